The van der Waals surface area contributed by atoms with Crippen molar-refractivity contribution in [1.29, 1.82) is 0 Å². The molecule has 0 aromatic heterocycles. The first-order valence-corrected chi connectivity index (χ1v) is 4.53. The second kappa shape index (κ2) is 3.61. The van der Waals surface area contributed by atoms with Gasteiger partial charge in [0.15, 0.2) is 0 Å². The molecular formula is C11H17N. The highest BCUT2D eigenvalue weighted by Gasteiger charge is 2.04. The molecule has 0 aliphatic heterocycles. The molecule has 2 N–H and O–H groups in total. The van der Waals surface area contributed by atoms with E-state index in [1.807, 2.05) is 6.07 Å². The van der Waals surface area contributed by atoms with Crippen molar-refractivity contribution >= 4 is 5.69 Å². The largest absolute Gasteiger partial charge is 0.399 e. The third-order valence-corrected chi connectivity index (χ3v) is 2.17. The summed E-state index contributed by atoms with van der Waals surface area (Å²) in [7, 11) is 0. The van der Waals surface area contributed by atoms with Gasteiger partial charge in [-0.3, -0.25) is 0 Å². The van der Waals surface area contributed by atoms with Gasteiger partial charge in [0.05, 0.1) is 0 Å². The SMILES string of the molecule is CCc1cc(N)ccc1C(C)C. The maximum absolute atomic E-state index is 5.70. The number of rotatable bonds is 2. The average Bonchev–Trinajstić information content (AvgIpc) is 2.03. The highest BCUT2D eigenvalue weighted by Crippen LogP contribution is 2.21. The molecular weight excluding hydrogens is 146 g/mol. The lowest BCUT2D eigenvalue weighted by molar-refractivity contribution is 0.845. The van der Waals surface area contributed by atoms with E-state index in [0.717, 1.165) is 12.1 Å². The zero-order valence-corrected chi connectivity index (χ0v) is 8.09. The maximum atomic E-state index is 5.70. The number of hydrogen-bond acceptors (Lipinski definition) is 1. The van der Waals surface area contributed by atoms with Gasteiger partial charge in [0, 0.05) is 5.69 Å². The first-order valence-electron chi connectivity index (χ1n) is 4.53. The van der Waals surface area contributed by atoms with Crippen molar-refractivity contribution < 1.29 is 0 Å². The van der Waals surface area contributed by atoms with Crippen LogP contribution in [0.3, 0.4) is 0 Å². The van der Waals surface area contributed by atoms with Gasteiger partial charge in [-0.1, -0.05) is 26.8 Å². The summed E-state index contributed by atoms with van der Waals surface area (Å²) in [5.41, 5.74) is 9.38. The van der Waals surface area contributed by atoms with Gasteiger partial charge in [-0.25, -0.2) is 0 Å². The Hall–Kier alpha value is -0.980. The van der Waals surface area contributed by atoms with Gasteiger partial charge >= 0.3 is 0 Å². The van der Waals surface area contributed by atoms with Crippen LogP contribution >= 0.6 is 0 Å². The molecule has 1 aromatic rings. The van der Waals surface area contributed by atoms with Crippen molar-refractivity contribution in [2.75, 3.05) is 5.73 Å². The lowest BCUT2D eigenvalue weighted by Gasteiger charge is -2.11. The molecule has 0 atom stereocenters. The predicted molar refractivity (Wildman–Crippen MR) is 54.3 cm³/mol. The van der Waals surface area contributed by atoms with Crippen molar-refractivity contribution in [2.24, 2.45) is 0 Å². The second-order valence-corrected chi connectivity index (χ2v) is 3.47. The van der Waals surface area contributed by atoms with Crippen LogP contribution in [0.25, 0.3) is 0 Å². The Balaban J connectivity index is 3.11. The Labute approximate surface area is 74.6 Å². The standard InChI is InChI=1S/C11H17N/c1-4-9-7-10(12)5-6-11(9)8(2)3/h5-8H,4,12H2,1-3H3. The quantitative estimate of drug-likeness (QED) is 0.666. The molecule has 0 bridgehead atoms. The van der Waals surface area contributed by atoms with Crippen LogP contribution in [0, 0.1) is 0 Å². The molecule has 0 aliphatic rings. The molecule has 1 nitrogen and oxygen atoms in total. The molecule has 0 saturated carbocycles. The monoisotopic (exact) mass is 163 g/mol. The van der Waals surface area contributed by atoms with Crippen molar-refractivity contribution in [3.05, 3.63) is 29.3 Å². The smallest absolute Gasteiger partial charge is 0.0316 e. The zero-order valence-electron chi connectivity index (χ0n) is 8.09. The van der Waals surface area contributed by atoms with Gasteiger partial charge in [0.25, 0.3) is 0 Å². The van der Waals surface area contributed by atoms with Crippen LogP contribution in [0.5, 0.6) is 0 Å². The molecule has 0 spiro atoms. The third-order valence-electron chi connectivity index (χ3n) is 2.17. The molecule has 0 amide bonds. The van der Waals surface area contributed by atoms with E-state index in [0.29, 0.717) is 5.92 Å². The summed E-state index contributed by atoms with van der Waals surface area (Å²) in [6.45, 7) is 6.59. The fourth-order valence-corrected chi connectivity index (χ4v) is 1.50. The van der Waals surface area contributed by atoms with Gasteiger partial charge in [-0.2, -0.15) is 0 Å². The summed E-state index contributed by atoms with van der Waals surface area (Å²) in [5.74, 6) is 0.598. The van der Waals surface area contributed by atoms with Gasteiger partial charge < -0.3 is 5.73 Å². The highest BCUT2D eigenvalue weighted by molar-refractivity contribution is 5.45. The van der Waals surface area contributed by atoms with Crippen molar-refractivity contribution in [3.8, 4) is 0 Å². The van der Waals surface area contributed by atoms with E-state index in [1.54, 1.807) is 0 Å². The fraction of sp³-hybridized carbons (Fsp3) is 0.455. The molecule has 0 saturated heterocycles. The summed E-state index contributed by atoms with van der Waals surface area (Å²) in [6, 6.07) is 6.20. The summed E-state index contributed by atoms with van der Waals surface area (Å²) in [5, 5.41) is 0. The molecule has 12 heavy (non-hydrogen) atoms. The van der Waals surface area contributed by atoms with E-state index in [9.17, 15) is 0 Å². The first-order chi connectivity index (χ1) is 5.65. The lowest BCUT2D eigenvalue weighted by Crippen LogP contribution is -1.96. The molecule has 0 unspecified atom stereocenters. The number of anilines is 1. The highest BCUT2D eigenvalue weighted by atomic mass is 14.5. The van der Waals surface area contributed by atoms with Crippen LogP contribution in [-0.2, 0) is 6.42 Å². The van der Waals surface area contributed by atoms with E-state index in [-0.39, 0.29) is 0 Å². The Morgan fingerprint density at radius 1 is 1.33 bits per heavy atom. The zero-order chi connectivity index (χ0) is 9.14. The van der Waals surface area contributed by atoms with Crippen LogP contribution in [0.1, 0.15) is 37.8 Å². The van der Waals surface area contributed by atoms with Crippen LogP contribution in [0.15, 0.2) is 18.2 Å². The van der Waals surface area contributed by atoms with Crippen molar-refractivity contribution in [2.45, 2.75) is 33.1 Å². The van der Waals surface area contributed by atoms with Crippen LogP contribution < -0.4 is 5.73 Å². The molecule has 66 valence electrons. The van der Waals surface area contributed by atoms with E-state index in [2.05, 4.69) is 32.9 Å². The molecule has 0 heterocycles. The van der Waals surface area contributed by atoms with E-state index < -0.39 is 0 Å². The number of nitrogen functional groups attached to an aromatic ring is 1. The number of nitrogens with two attached hydrogens (primary N) is 1. The van der Waals surface area contributed by atoms with Crippen LogP contribution in [0.2, 0.25) is 0 Å². The summed E-state index contributed by atoms with van der Waals surface area (Å²) in [6.07, 6.45) is 1.07. The number of benzene rings is 1. The van der Waals surface area contributed by atoms with E-state index >= 15 is 0 Å². The topological polar surface area (TPSA) is 26.0 Å². The fourth-order valence-electron chi connectivity index (χ4n) is 1.50. The molecule has 0 fully saturated rings. The Bertz CT molecular complexity index is 264. The van der Waals surface area contributed by atoms with Crippen LogP contribution in [-0.4, -0.2) is 0 Å². The summed E-state index contributed by atoms with van der Waals surface area (Å²) in [4.78, 5) is 0. The van der Waals surface area contributed by atoms with Gasteiger partial charge in [0.2, 0.25) is 0 Å². The van der Waals surface area contributed by atoms with Crippen molar-refractivity contribution in [1.82, 2.24) is 0 Å². The second-order valence-electron chi connectivity index (χ2n) is 3.47. The molecule has 0 radical (unpaired) electrons. The maximum Gasteiger partial charge on any atom is 0.0316 e. The molecule has 1 heteroatoms. The normalized spacial score (nSPS) is 10.7. The average molecular weight is 163 g/mol. The minimum atomic E-state index is 0.598. The Morgan fingerprint density at radius 3 is 2.50 bits per heavy atom. The number of hydrogen-bond donors (Lipinski definition) is 1. The lowest BCUT2D eigenvalue weighted by atomic mass is 9.95. The number of aryl methyl sites for hydroxylation is 1. The molecule has 1 rings (SSSR count). The molecule has 0 aliphatic carbocycles. The Kier molecular flexibility index (Phi) is 2.74. The summed E-state index contributed by atoms with van der Waals surface area (Å²) < 4.78 is 0. The summed E-state index contributed by atoms with van der Waals surface area (Å²) >= 11 is 0. The third kappa shape index (κ3) is 1.79. The van der Waals surface area contributed by atoms with Crippen LogP contribution in [0.4, 0.5) is 5.69 Å². The van der Waals surface area contributed by atoms with E-state index in [1.165, 1.54) is 11.1 Å². The van der Waals surface area contributed by atoms with Gasteiger partial charge in [-0.05, 0) is 35.6 Å². The minimum absolute atomic E-state index is 0.598. The van der Waals surface area contributed by atoms with Gasteiger partial charge in [-0.15, -0.1) is 0 Å². The Morgan fingerprint density at radius 2 is 2.00 bits per heavy atom. The van der Waals surface area contributed by atoms with Gasteiger partial charge in [0.1, 0.15) is 0 Å². The first kappa shape index (κ1) is 9.11. The minimum Gasteiger partial charge on any atom is -0.399 e. The van der Waals surface area contributed by atoms with E-state index in [4.69, 9.17) is 5.73 Å². The molecule has 1 aromatic carbocycles. The predicted octanol–water partition coefficient (Wildman–Crippen LogP) is 2.95. The van der Waals surface area contributed by atoms with Crippen molar-refractivity contribution in [3.63, 3.8) is 0 Å².